The third-order valence-corrected chi connectivity index (χ3v) is 2.77. The molecule has 2 unspecified atom stereocenters. The van der Waals surface area contributed by atoms with Crippen LogP contribution in [0.5, 0.6) is 0 Å². The molecule has 0 spiro atoms. The average molecular weight is 233 g/mol. The lowest BCUT2D eigenvalue weighted by molar-refractivity contribution is -0.138. The Bertz CT molecular complexity index is 221. The van der Waals surface area contributed by atoms with Crippen LogP contribution in [0.3, 0.4) is 0 Å². The minimum absolute atomic E-state index is 0.201. The summed E-state index contributed by atoms with van der Waals surface area (Å²) in [5, 5.41) is 10.8. The molecule has 1 amide bonds. The highest BCUT2D eigenvalue weighted by molar-refractivity contribution is 7.80. The van der Waals surface area contributed by atoms with E-state index >= 15 is 0 Å². The summed E-state index contributed by atoms with van der Waals surface area (Å²) in [5.74, 6) is -0.751. The second-order valence-corrected chi connectivity index (χ2v) is 4.03. The van der Waals surface area contributed by atoms with Gasteiger partial charge in [-0.3, -0.25) is 9.59 Å². The summed E-state index contributed by atoms with van der Waals surface area (Å²) in [7, 11) is 0. The predicted molar refractivity (Wildman–Crippen MR) is 62.1 cm³/mol. The first-order valence-electron chi connectivity index (χ1n) is 5.13. The van der Waals surface area contributed by atoms with Gasteiger partial charge in [-0.1, -0.05) is 26.7 Å². The van der Waals surface area contributed by atoms with Crippen molar-refractivity contribution in [2.45, 2.75) is 26.7 Å². The number of nitrogens with one attached hydrogen (secondary N) is 1. The summed E-state index contributed by atoms with van der Waals surface area (Å²) in [5.41, 5.74) is 0. The smallest absolute Gasteiger partial charge is 0.322 e. The number of rotatable bonds is 7. The molecule has 88 valence electrons. The van der Waals surface area contributed by atoms with Crippen molar-refractivity contribution in [1.82, 2.24) is 5.32 Å². The minimum atomic E-state index is -1.02. The second-order valence-electron chi connectivity index (χ2n) is 3.67. The Morgan fingerprint density at radius 1 is 1.47 bits per heavy atom. The number of aliphatic carboxylic acids is 1. The lowest BCUT2D eigenvalue weighted by Crippen LogP contribution is -2.38. The lowest BCUT2D eigenvalue weighted by Gasteiger charge is -2.20. The molecule has 15 heavy (non-hydrogen) atoms. The summed E-state index contributed by atoms with van der Waals surface area (Å²) in [4.78, 5) is 21.8. The van der Waals surface area contributed by atoms with Crippen LogP contribution in [-0.2, 0) is 9.59 Å². The predicted octanol–water partition coefficient (Wildman–Crippen LogP) is 1.17. The minimum Gasteiger partial charge on any atom is -0.480 e. The molecule has 0 saturated heterocycles. The van der Waals surface area contributed by atoms with Crippen molar-refractivity contribution >= 4 is 24.5 Å². The van der Waals surface area contributed by atoms with Gasteiger partial charge in [0.05, 0.1) is 0 Å². The molecule has 2 atom stereocenters. The summed E-state index contributed by atoms with van der Waals surface area (Å²) in [6.45, 7) is 3.73. The van der Waals surface area contributed by atoms with Crippen LogP contribution in [0.4, 0.5) is 0 Å². The van der Waals surface area contributed by atoms with Crippen LogP contribution in [0.15, 0.2) is 0 Å². The maximum absolute atomic E-state index is 11.6. The highest BCUT2D eigenvalue weighted by Crippen LogP contribution is 2.18. The maximum atomic E-state index is 11.6. The lowest BCUT2D eigenvalue weighted by atomic mass is 9.91. The number of carboxylic acid groups (broad SMARTS) is 1. The van der Waals surface area contributed by atoms with Gasteiger partial charge in [-0.2, -0.15) is 12.6 Å². The maximum Gasteiger partial charge on any atom is 0.322 e. The molecule has 0 aromatic heterocycles. The SMILES string of the molecule is CCCC(C)C(CS)C(=O)NCC(=O)O. The van der Waals surface area contributed by atoms with Gasteiger partial charge in [0.1, 0.15) is 6.54 Å². The van der Waals surface area contributed by atoms with Gasteiger partial charge in [-0.15, -0.1) is 0 Å². The molecule has 0 fully saturated rings. The van der Waals surface area contributed by atoms with Crippen LogP contribution in [0, 0.1) is 11.8 Å². The normalized spacial score (nSPS) is 14.3. The fraction of sp³-hybridized carbons (Fsp3) is 0.800. The Labute approximate surface area is 95.8 Å². The molecule has 0 bridgehead atoms. The number of amides is 1. The van der Waals surface area contributed by atoms with E-state index in [0.29, 0.717) is 5.75 Å². The van der Waals surface area contributed by atoms with Gasteiger partial charge in [0.2, 0.25) is 5.91 Å². The first-order chi connectivity index (χ1) is 7.02. The van der Waals surface area contributed by atoms with Crippen molar-refractivity contribution < 1.29 is 14.7 Å². The monoisotopic (exact) mass is 233 g/mol. The fourth-order valence-corrected chi connectivity index (χ4v) is 2.00. The molecule has 0 rings (SSSR count). The van der Waals surface area contributed by atoms with Gasteiger partial charge in [-0.05, 0) is 5.92 Å². The molecule has 0 radical (unpaired) electrons. The Morgan fingerprint density at radius 3 is 2.47 bits per heavy atom. The van der Waals surface area contributed by atoms with Crippen molar-refractivity contribution in [2.75, 3.05) is 12.3 Å². The van der Waals surface area contributed by atoms with Crippen molar-refractivity contribution in [1.29, 1.82) is 0 Å². The number of carboxylic acids is 1. The van der Waals surface area contributed by atoms with Gasteiger partial charge >= 0.3 is 5.97 Å². The van der Waals surface area contributed by atoms with Crippen LogP contribution in [-0.4, -0.2) is 29.3 Å². The molecule has 0 heterocycles. The summed E-state index contributed by atoms with van der Waals surface area (Å²) >= 11 is 4.12. The largest absolute Gasteiger partial charge is 0.480 e. The summed E-state index contributed by atoms with van der Waals surface area (Å²) < 4.78 is 0. The van der Waals surface area contributed by atoms with Crippen LogP contribution in [0.25, 0.3) is 0 Å². The van der Waals surface area contributed by atoms with Gasteiger partial charge < -0.3 is 10.4 Å². The number of hydrogen-bond donors (Lipinski definition) is 3. The number of thiol groups is 1. The Balaban J connectivity index is 4.14. The van der Waals surface area contributed by atoms with Crippen LogP contribution in [0.1, 0.15) is 26.7 Å². The molecule has 0 saturated carbocycles. The van der Waals surface area contributed by atoms with E-state index in [1.807, 2.05) is 6.92 Å². The van der Waals surface area contributed by atoms with E-state index in [1.54, 1.807) is 0 Å². The van der Waals surface area contributed by atoms with Crippen LogP contribution >= 0.6 is 12.6 Å². The van der Waals surface area contributed by atoms with E-state index in [9.17, 15) is 9.59 Å². The molecule has 0 aliphatic heterocycles. The number of carbonyl (C=O) groups is 2. The van der Waals surface area contributed by atoms with Gasteiger partial charge in [-0.25, -0.2) is 0 Å². The molecule has 4 nitrogen and oxygen atoms in total. The molecule has 5 heteroatoms. The Hall–Kier alpha value is -0.710. The third kappa shape index (κ3) is 5.67. The van der Waals surface area contributed by atoms with E-state index in [0.717, 1.165) is 12.8 Å². The molecule has 0 aromatic carbocycles. The second kappa shape index (κ2) is 7.56. The molecule has 2 N–H and O–H groups in total. The quantitative estimate of drug-likeness (QED) is 0.578. The van der Waals surface area contributed by atoms with Crippen molar-refractivity contribution in [3.05, 3.63) is 0 Å². The van der Waals surface area contributed by atoms with E-state index in [1.165, 1.54) is 0 Å². The third-order valence-electron chi connectivity index (χ3n) is 2.38. The molecule has 0 aromatic rings. The summed E-state index contributed by atoms with van der Waals surface area (Å²) in [6, 6.07) is 0. The highest BCUT2D eigenvalue weighted by Gasteiger charge is 2.23. The van der Waals surface area contributed by atoms with Gasteiger partial charge in [0.15, 0.2) is 0 Å². The fourth-order valence-electron chi connectivity index (χ4n) is 1.47. The van der Waals surface area contributed by atoms with E-state index < -0.39 is 5.97 Å². The zero-order valence-electron chi connectivity index (χ0n) is 9.19. The molecule has 0 aliphatic rings. The van der Waals surface area contributed by atoms with Gasteiger partial charge in [0, 0.05) is 11.7 Å². The van der Waals surface area contributed by atoms with E-state index in [-0.39, 0.29) is 24.3 Å². The molecular formula is C10H19NO3S. The average Bonchev–Trinajstić information content (AvgIpc) is 2.16. The van der Waals surface area contributed by atoms with E-state index in [4.69, 9.17) is 5.11 Å². The van der Waals surface area contributed by atoms with E-state index in [2.05, 4.69) is 24.9 Å². The zero-order valence-corrected chi connectivity index (χ0v) is 10.1. The van der Waals surface area contributed by atoms with Crippen LogP contribution in [0.2, 0.25) is 0 Å². The zero-order chi connectivity index (χ0) is 11.8. The first kappa shape index (κ1) is 14.3. The van der Waals surface area contributed by atoms with Crippen molar-refractivity contribution in [2.24, 2.45) is 11.8 Å². The first-order valence-corrected chi connectivity index (χ1v) is 5.76. The number of carbonyl (C=O) groups excluding carboxylic acids is 1. The number of hydrogen-bond acceptors (Lipinski definition) is 3. The topological polar surface area (TPSA) is 66.4 Å². The van der Waals surface area contributed by atoms with Crippen molar-refractivity contribution in [3.8, 4) is 0 Å². The van der Waals surface area contributed by atoms with Crippen molar-refractivity contribution in [3.63, 3.8) is 0 Å². The standard InChI is InChI=1S/C10H19NO3S/c1-3-4-7(2)8(6-15)10(14)11-5-9(12)13/h7-8,15H,3-6H2,1-2H3,(H,11,14)(H,12,13). The Morgan fingerprint density at radius 2 is 2.07 bits per heavy atom. The summed E-state index contributed by atoms with van der Waals surface area (Å²) in [6.07, 6.45) is 1.96. The highest BCUT2D eigenvalue weighted by atomic mass is 32.1. The van der Waals surface area contributed by atoms with Gasteiger partial charge in [0.25, 0.3) is 0 Å². The molecule has 0 aliphatic carbocycles. The van der Waals surface area contributed by atoms with Crippen LogP contribution < -0.4 is 5.32 Å². The molecular weight excluding hydrogens is 214 g/mol. The Kier molecular flexibility index (Phi) is 7.21.